The van der Waals surface area contributed by atoms with Gasteiger partial charge in [-0.1, -0.05) is 18.2 Å². The van der Waals surface area contributed by atoms with Crippen LogP contribution in [0.25, 0.3) is 0 Å². The van der Waals surface area contributed by atoms with Gasteiger partial charge in [-0.25, -0.2) is 4.79 Å². The Labute approximate surface area is 117 Å². The van der Waals surface area contributed by atoms with Crippen LogP contribution in [0.5, 0.6) is 0 Å². The molecule has 1 aromatic carbocycles. The summed E-state index contributed by atoms with van der Waals surface area (Å²) in [5.41, 5.74) is 7.52. The van der Waals surface area contributed by atoms with E-state index in [-0.39, 0.29) is 24.6 Å². The van der Waals surface area contributed by atoms with Crippen LogP contribution >= 0.6 is 12.4 Å². The van der Waals surface area contributed by atoms with Gasteiger partial charge in [0.05, 0.1) is 6.61 Å². The van der Waals surface area contributed by atoms with Gasteiger partial charge in [0.1, 0.15) is 6.04 Å². The van der Waals surface area contributed by atoms with Gasteiger partial charge in [-0.3, -0.25) is 0 Å². The van der Waals surface area contributed by atoms with Gasteiger partial charge < -0.3 is 10.5 Å². The molecule has 3 nitrogen and oxygen atoms in total. The van der Waals surface area contributed by atoms with Gasteiger partial charge in [0.15, 0.2) is 0 Å². The number of aryl methyl sites for hydroxylation is 2. The van der Waals surface area contributed by atoms with Gasteiger partial charge in [0.2, 0.25) is 0 Å². The second-order valence-electron chi connectivity index (χ2n) is 4.16. The zero-order valence-electron chi connectivity index (χ0n) is 11.1. The number of hydrogen-bond acceptors (Lipinski definition) is 3. The number of rotatable bonds is 4. The summed E-state index contributed by atoms with van der Waals surface area (Å²) in [5.74, 6) is -5.31. The van der Waals surface area contributed by atoms with Crippen molar-refractivity contribution in [3.8, 4) is 0 Å². The molecule has 19 heavy (non-hydrogen) atoms. The van der Waals surface area contributed by atoms with Crippen LogP contribution in [0.3, 0.4) is 0 Å². The summed E-state index contributed by atoms with van der Waals surface area (Å²) >= 11 is 0. The molecule has 6 heteroatoms. The second kappa shape index (κ2) is 6.82. The maximum atomic E-state index is 13.7. The number of ether oxygens (including phenoxy) is 1. The number of alkyl halides is 2. The molecule has 1 rings (SSSR count). The predicted octanol–water partition coefficient (Wildman–Crippen LogP) is 2.92. The maximum Gasteiger partial charge on any atom is 0.379 e. The van der Waals surface area contributed by atoms with E-state index >= 15 is 0 Å². The first-order valence-electron chi connectivity index (χ1n) is 5.68. The Morgan fingerprint density at radius 3 is 2.42 bits per heavy atom. The lowest BCUT2D eigenvalue weighted by molar-refractivity contribution is -0.174. The monoisotopic (exact) mass is 293 g/mol. The Morgan fingerprint density at radius 2 is 1.95 bits per heavy atom. The van der Waals surface area contributed by atoms with E-state index in [1.165, 1.54) is 13.0 Å². The molecule has 0 spiro atoms. The molecule has 0 unspecified atom stereocenters. The van der Waals surface area contributed by atoms with E-state index in [2.05, 4.69) is 4.74 Å². The first kappa shape index (κ1) is 17.8. The molecule has 0 aliphatic heterocycles. The highest BCUT2D eigenvalue weighted by atomic mass is 35.5. The molecule has 0 heterocycles. The summed E-state index contributed by atoms with van der Waals surface area (Å²) in [4.78, 5) is 11.2. The summed E-state index contributed by atoms with van der Waals surface area (Å²) in [6, 6.07) is 3.06. The number of hydrogen-bond donors (Lipinski definition) is 1. The third kappa shape index (κ3) is 3.88. The fourth-order valence-corrected chi connectivity index (χ4v) is 1.52. The normalized spacial score (nSPS) is 12.5. The van der Waals surface area contributed by atoms with Crippen LogP contribution in [0.4, 0.5) is 8.78 Å². The molecule has 0 aliphatic carbocycles. The minimum absolute atomic E-state index is 0. The Balaban J connectivity index is 0.00000324. The van der Waals surface area contributed by atoms with Crippen LogP contribution in [0.2, 0.25) is 0 Å². The Kier molecular flexibility index (Phi) is 6.39. The highest BCUT2D eigenvalue weighted by Crippen LogP contribution is 2.31. The largest absolute Gasteiger partial charge is 0.462 e. The van der Waals surface area contributed by atoms with Crippen molar-refractivity contribution in [1.29, 1.82) is 0 Å². The molecule has 0 saturated carbocycles. The van der Waals surface area contributed by atoms with Crippen LogP contribution in [0, 0.1) is 13.8 Å². The zero-order valence-corrected chi connectivity index (χ0v) is 11.9. The minimum Gasteiger partial charge on any atom is -0.462 e. The van der Waals surface area contributed by atoms with Crippen LogP contribution in [0.15, 0.2) is 18.2 Å². The molecular formula is C13H18ClF2NO2. The Bertz CT molecular complexity index is 452. The van der Waals surface area contributed by atoms with Gasteiger partial charge in [0, 0.05) is 0 Å². The van der Waals surface area contributed by atoms with Gasteiger partial charge in [0.25, 0.3) is 0 Å². The summed E-state index contributed by atoms with van der Waals surface area (Å²) in [5, 5.41) is 0. The van der Waals surface area contributed by atoms with Crippen molar-refractivity contribution >= 4 is 18.4 Å². The molecule has 0 bridgehead atoms. The van der Waals surface area contributed by atoms with Gasteiger partial charge in [-0.05, 0) is 37.5 Å². The highest BCUT2D eigenvalue weighted by Gasteiger charge is 2.47. The molecule has 1 atom stereocenters. The lowest BCUT2D eigenvalue weighted by Crippen LogP contribution is -2.41. The number of carbonyl (C=O) groups excluding carboxylic acids is 1. The van der Waals surface area contributed by atoms with E-state index in [0.29, 0.717) is 0 Å². The van der Waals surface area contributed by atoms with Crippen LogP contribution in [-0.4, -0.2) is 18.5 Å². The van der Waals surface area contributed by atoms with Crippen molar-refractivity contribution < 1.29 is 18.3 Å². The van der Waals surface area contributed by atoms with E-state index in [4.69, 9.17) is 5.73 Å². The molecule has 0 saturated heterocycles. The quantitative estimate of drug-likeness (QED) is 0.869. The number of nitrogens with two attached hydrogens (primary N) is 1. The standard InChI is InChI=1S/C13H17F2NO2.ClH/c1-4-18-12(17)13(14,15)11(16)10-6-5-8(2)9(3)7-10;/h5-7,11H,4,16H2,1-3H3;1H/t11-;/m1./s1. The molecule has 1 aromatic rings. The third-order valence-electron chi connectivity index (χ3n) is 2.83. The average molecular weight is 294 g/mol. The molecule has 0 radical (unpaired) electrons. The zero-order chi connectivity index (χ0) is 13.9. The first-order valence-corrected chi connectivity index (χ1v) is 5.68. The van der Waals surface area contributed by atoms with E-state index in [0.717, 1.165) is 11.1 Å². The molecule has 0 aliphatic rings. The van der Waals surface area contributed by atoms with Crippen molar-refractivity contribution in [2.24, 2.45) is 5.73 Å². The van der Waals surface area contributed by atoms with Crippen molar-refractivity contribution in [3.05, 3.63) is 34.9 Å². The summed E-state index contributed by atoms with van der Waals surface area (Å²) in [6.07, 6.45) is 0. The highest BCUT2D eigenvalue weighted by molar-refractivity contribution is 5.85. The summed E-state index contributed by atoms with van der Waals surface area (Å²) < 4.78 is 31.8. The van der Waals surface area contributed by atoms with Gasteiger partial charge in [-0.15, -0.1) is 12.4 Å². The van der Waals surface area contributed by atoms with Crippen molar-refractivity contribution in [2.45, 2.75) is 32.7 Å². The van der Waals surface area contributed by atoms with Crippen molar-refractivity contribution in [3.63, 3.8) is 0 Å². The first-order chi connectivity index (χ1) is 8.30. The fourth-order valence-electron chi connectivity index (χ4n) is 1.52. The molecular weight excluding hydrogens is 276 g/mol. The number of esters is 1. The van der Waals surface area contributed by atoms with E-state index in [1.54, 1.807) is 19.1 Å². The fraction of sp³-hybridized carbons (Fsp3) is 0.462. The van der Waals surface area contributed by atoms with Crippen LogP contribution < -0.4 is 5.73 Å². The topological polar surface area (TPSA) is 52.3 Å². The van der Waals surface area contributed by atoms with Crippen molar-refractivity contribution in [2.75, 3.05) is 6.61 Å². The lowest BCUT2D eigenvalue weighted by atomic mass is 9.97. The van der Waals surface area contributed by atoms with Crippen LogP contribution in [-0.2, 0) is 9.53 Å². The smallest absolute Gasteiger partial charge is 0.379 e. The van der Waals surface area contributed by atoms with Gasteiger partial charge in [-0.2, -0.15) is 8.78 Å². The van der Waals surface area contributed by atoms with Crippen LogP contribution in [0.1, 0.15) is 29.7 Å². The summed E-state index contributed by atoms with van der Waals surface area (Å²) in [6.45, 7) is 5.03. The predicted molar refractivity (Wildman–Crippen MR) is 71.7 cm³/mol. The lowest BCUT2D eigenvalue weighted by Gasteiger charge is -2.22. The van der Waals surface area contributed by atoms with Gasteiger partial charge >= 0.3 is 11.9 Å². The van der Waals surface area contributed by atoms with Crippen molar-refractivity contribution in [1.82, 2.24) is 0 Å². The summed E-state index contributed by atoms with van der Waals surface area (Å²) in [7, 11) is 0. The maximum absolute atomic E-state index is 13.7. The number of benzene rings is 1. The number of carbonyl (C=O) groups is 1. The van der Waals surface area contributed by atoms with E-state index in [9.17, 15) is 13.6 Å². The Hall–Kier alpha value is -1.20. The molecule has 0 aromatic heterocycles. The number of halogens is 3. The Morgan fingerprint density at radius 1 is 1.37 bits per heavy atom. The SMILES string of the molecule is CCOC(=O)C(F)(F)[C@H](N)c1ccc(C)c(C)c1.Cl. The average Bonchev–Trinajstić information content (AvgIpc) is 2.32. The molecule has 2 N–H and O–H groups in total. The molecule has 0 amide bonds. The van der Waals surface area contributed by atoms with E-state index in [1.807, 2.05) is 6.92 Å². The second-order valence-corrected chi connectivity index (χ2v) is 4.16. The minimum atomic E-state index is -3.72. The third-order valence-corrected chi connectivity index (χ3v) is 2.83. The van der Waals surface area contributed by atoms with E-state index < -0.39 is 17.9 Å². The molecule has 0 fully saturated rings. The molecule has 108 valence electrons.